The standard InChI is InChI=1S/C20H28F2N2O5/c1-20(2,3)29-19(26)24-9-7-14(8-10-24)17(25)23-12-13-5-6-15(28-18(21)22)16(11-13)27-4/h5-6,11,14,18H,7-10,12H2,1-4H3,(H,23,25). The minimum absolute atomic E-state index is 0.0629. The number of halogens is 2. The first-order chi connectivity index (χ1) is 13.6. The molecule has 1 saturated heterocycles. The molecule has 1 aromatic rings. The third-order valence-electron chi connectivity index (χ3n) is 4.43. The minimum atomic E-state index is -2.94. The summed E-state index contributed by atoms with van der Waals surface area (Å²) in [5, 5.41) is 2.84. The maximum absolute atomic E-state index is 12.4. The van der Waals surface area contributed by atoms with Gasteiger partial charge in [0.15, 0.2) is 11.5 Å². The van der Waals surface area contributed by atoms with E-state index in [1.165, 1.54) is 13.2 Å². The van der Waals surface area contributed by atoms with E-state index in [2.05, 4.69) is 10.1 Å². The number of hydrogen-bond acceptors (Lipinski definition) is 5. The van der Waals surface area contributed by atoms with Crippen LogP contribution in [0.15, 0.2) is 18.2 Å². The largest absolute Gasteiger partial charge is 0.493 e. The van der Waals surface area contributed by atoms with Crippen LogP contribution in [0.25, 0.3) is 0 Å². The van der Waals surface area contributed by atoms with Gasteiger partial charge >= 0.3 is 12.7 Å². The molecule has 162 valence electrons. The average Bonchev–Trinajstić information content (AvgIpc) is 2.65. The number of methoxy groups -OCH3 is 1. The molecule has 0 bridgehead atoms. The quantitative estimate of drug-likeness (QED) is 0.770. The molecule has 0 aromatic heterocycles. The first-order valence-corrected chi connectivity index (χ1v) is 9.46. The number of amides is 2. The topological polar surface area (TPSA) is 77.1 Å². The average molecular weight is 414 g/mol. The minimum Gasteiger partial charge on any atom is -0.493 e. The van der Waals surface area contributed by atoms with Gasteiger partial charge in [0.2, 0.25) is 5.91 Å². The molecule has 29 heavy (non-hydrogen) atoms. The Morgan fingerprint density at radius 3 is 2.41 bits per heavy atom. The Kier molecular flexibility index (Phi) is 7.64. The number of piperidine rings is 1. The van der Waals surface area contributed by atoms with E-state index in [9.17, 15) is 18.4 Å². The van der Waals surface area contributed by atoms with Gasteiger partial charge in [0, 0.05) is 25.6 Å². The van der Waals surface area contributed by atoms with Crippen molar-refractivity contribution in [2.24, 2.45) is 5.92 Å². The van der Waals surface area contributed by atoms with Gasteiger partial charge in [-0.15, -0.1) is 0 Å². The van der Waals surface area contributed by atoms with Crippen LogP contribution < -0.4 is 14.8 Å². The predicted octanol–water partition coefficient (Wildman–Crippen LogP) is 3.56. The number of likely N-dealkylation sites (tertiary alicyclic amines) is 1. The fourth-order valence-electron chi connectivity index (χ4n) is 3.00. The summed E-state index contributed by atoms with van der Waals surface area (Å²) >= 11 is 0. The Balaban J connectivity index is 1.84. The van der Waals surface area contributed by atoms with Crippen molar-refractivity contribution < 1.29 is 32.6 Å². The maximum Gasteiger partial charge on any atom is 0.410 e. The molecular formula is C20H28F2N2O5. The monoisotopic (exact) mass is 414 g/mol. The fourth-order valence-corrected chi connectivity index (χ4v) is 3.00. The lowest BCUT2D eigenvalue weighted by Gasteiger charge is -2.32. The van der Waals surface area contributed by atoms with Crippen molar-refractivity contribution in [1.82, 2.24) is 10.2 Å². The highest BCUT2D eigenvalue weighted by Crippen LogP contribution is 2.29. The number of nitrogens with zero attached hydrogens (tertiary/aromatic N) is 1. The lowest BCUT2D eigenvalue weighted by atomic mass is 9.96. The van der Waals surface area contributed by atoms with Gasteiger partial charge in [-0.2, -0.15) is 8.78 Å². The molecular weight excluding hydrogens is 386 g/mol. The van der Waals surface area contributed by atoms with Crippen molar-refractivity contribution in [2.75, 3.05) is 20.2 Å². The molecule has 9 heteroatoms. The highest BCUT2D eigenvalue weighted by molar-refractivity contribution is 5.79. The molecule has 1 N–H and O–H groups in total. The Bertz CT molecular complexity index is 713. The van der Waals surface area contributed by atoms with Crippen molar-refractivity contribution >= 4 is 12.0 Å². The van der Waals surface area contributed by atoms with Crippen LogP contribution in [-0.4, -0.2) is 49.3 Å². The van der Waals surface area contributed by atoms with Crippen LogP contribution in [0, 0.1) is 5.92 Å². The molecule has 1 fully saturated rings. The van der Waals surface area contributed by atoms with Gasteiger partial charge < -0.3 is 24.4 Å². The number of benzene rings is 1. The molecule has 0 radical (unpaired) electrons. The van der Waals surface area contributed by atoms with Gasteiger partial charge in [-0.25, -0.2) is 4.79 Å². The summed E-state index contributed by atoms with van der Waals surface area (Å²) in [6.45, 7) is 3.64. The molecule has 1 aromatic carbocycles. The second-order valence-corrected chi connectivity index (χ2v) is 7.82. The number of rotatable bonds is 6. The molecule has 0 aliphatic carbocycles. The molecule has 2 amide bonds. The zero-order valence-corrected chi connectivity index (χ0v) is 17.2. The molecule has 7 nitrogen and oxygen atoms in total. The second kappa shape index (κ2) is 9.76. The summed E-state index contributed by atoms with van der Waals surface area (Å²) in [6.07, 6.45) is 0.736. The number of nitrogens with one attached hydrogen (secondary N) is 1. The van der Waals surface area contributed by atoms with Crippen molar-refractivity contribution in [3.05, 3.63) is 23.8 Å². The van der Waals surface area contributed by atoms with Crippen LogP contribution in [-0.2, 0) is 16.1 Å². The third kappa shape index (κ3) is 7.07. The Hall–Kier alpha value is -2.58. The van der Waals surface area contributed by atoms with Gasteiger partial charge in [0.05, 0.1) is 7.11 Å². The van der Waals surface area contributed by atoms with Gasteiger partial charge in [-0.05, 0) is 51.3 Å². The lowest BCUT2D eigenvalue weighted by Crippen LogP contribution is -2.44. The number of carbonyl (C=O) groups is 2. The summed E-state index contributed by atoms with van der Waals surface area (Å²) < 4.78 is 39.6. The van der Waals surface area contributed by atoms with E-state index in [0.717, 1.165) is 0 Å². The van der Waals surface area contributed by atoms with Crippen LogP contribution in [0.2, 0.25) is 0 Å². The first kappa shape index (κ1) is 22.7. The smallest absolute Gasteiger partial charge is 0.410 e. The van der Waals surface area contributed by atoms with Gasteiger partial charge in [0.1, 0.15) is 5.60 Å². The van der Waals surface area contributed by atoms with Gasteiger partial charge in [-0.1, -0.05) is 6.07 Å². The summed E-state index contributed by atoms with van der Waals surface area (Å²) in [5.41, 5.74) is 0.144. The van der Waals surface area contributed by atoms with E-state index in [1.807, 2.05) is 20.8 Å². The predicted molar refractivity (Wildman–Crippen MR) is 102 cm³/mol. The molecule has 1 aliphatic rings. The lowest BCUT2D eigenvalue weighted by molar-refractivity contribution is -0.126. The van der Waals surface area contributed by atoms with Crippen molar-refractivity contribution in [1.29, 1.82) is 0 Å². The first-order valence-electron chi connectivity index (χ1n) is 9.46. The van der Waals surface area contributed by atoms with E-state index in [-0.39, 0.29) is 36.0 Å². The zero-order chi connectivity index (χ0) is 21.6. The second-order valence-electron chi connectivity index (χ2n) is 7.82. The SMILES string of the molecule is COc1cc(CNC(=O)C2CCN(C(=O)OC(C)(C)C)CC2)ccc1OC(F)F. The molecule has 0 atom stereocenters. The summed E-state index contributed by atoms with van der Waals surface area (Å²) in [4.78, 5) is 26.1. The van der Waals surface area contributed by atoms with E-state index in [0.29, 0.717) is 31.5 Å². The highest BCUT2D eigenvalue weighted by Gasteiger charge is 2.29. The number of hydrogen-bond donors (Lipinski definition) is 1. The number of carbonyl (C=O) groups excluding carboxylic acids is 2. The summed E-state index contributed by atoms with van der Waals surface area (Å²) in [6, 6.07) is 4.51. The van der Waals surface area contributed by atoms with Crippen LogP contribution in [0.3, 0.4) is 0 Å². The fraction of sp³-hybridized carbons (Fsp3) is 0.600. The maximum atomic E-state index is 12.4. The van der Waals surface area contributed by atoms with Gasteiger partial charge in [0.25, 0.3) is 0 Å². The normalized spacial score (nSPS) is 15.2. The number of ether oxygens (including phenoxy) is 3. The van der Waals surface area contributed by atoms with Crippen LogP contribution in [0.4, 0.5) is 13.6 Å². The highest BCUT2D eigenvalue weighted by atomic mass is 19.3. The molecule has 1 aliphatic heterocycles. The van der Waals surface area contributed by atoms with E-state index in [4.69, 9.17) is 9.47 Å². The third-order valence-corrected chi connectivity index (χ3v) is 4.43. The Morgan fingerprint density at radius 2 is 1.86 bits per heavy atom. The molecule has 0 saturated carbocycles. The number of alkyl halides is 2. The van der Waals surface area contributed by atoms with Crippen LogP contribution in [0.1, 0.15) is 39.2 Å². The van der Waals surface area contributed by atoms with Crippen molar-refractivity contribution in [3.8, 4) is 11.5 Å². The zero-order valence-electron chi connectivity index (χ0n) is 17.2. The van der Waals surface area contributed by atoms with Crippen LogP contribution in [0.5, 0.6) is 11.5 Å². The molecule has 0 unspecified atom stereocenters. The Morgan fingerprint density at radius 1 is 1.21 bits per heavy atom. The summed E-state index contributed by atoms with van der Waals surface area (Å²) in [5.74, 6) is -0.201. The Labute approximate surface area is 169 Å². The van der Waals surface area contributed by atoms with E-state index in [1.54, 1.807) is 17.0 Å². The van der Waals surface area contributed by atoms with Crippen molar-refractivity contribution in [3.63, 3.8) is 0 Å². The van der Waals surface area contributed by atoms with Crippen LogP contribution >= 0.6 is 0 Å². The van der Waals surface area contributed by atoms with Gasteiger partial charge in [-0.3, -0.25) is 4.79 Å². The van der Waals surface area contributed by atoms with E-state index >= 15 is 0 Å². The van der Waals surface area contributed by atoms with E-state index < -0.39 is 12.2 Å². The van der Waals surface area contributed by atoms with Crippen molar-refractivity contribution in [2.45, 2.75) is 52.4 Å². The molecule has 2 rings (SSSR count). The molecule has 1 heterocycles. The summed E-state index contributed by atoms with van der Waals surface area (Å²) in [7, 11) is 1.36. The molecule has 0 spiro atoms.